The third-order valence-electron chi connectivity index (χ3n) is 1.57. The number of rotatable bonds is 3. The van der Waals surface area contributed by atoms with E-state index in [9.17, 15) is 4.79 Å². The summed E-state index contributed by atoms with van der Waals surface area (Å²) in [7, 11) is 2.56. The van der Waals surface area contributed by atoms with Gasteiger partial charge in [-0.15, -0.1) is 9.24 Å². The van der Waals surface area contributed by atoms with Crippen LogP contribution in [0.25, 0.3) is 0 Å². The van der Waals surface area contributed by atoms with Gasteiger partial charge in [-0.25, -0.2) is 0 Å². The number of carboxylic acid groups (broad SMARTS) is 1. The van der Waals surface area contributed by atoms with E-state index in [1.807, 2.05) is 27.7 Å². The molecule has 3 heteroatoms. The lowest BCUT2D eigenvalue weighted by molar-refractivity contribution is -0.140. The van der Waals surface area contributed by atoms with Crippen LogP contribution in [0.5, 0.6) is 0 Å². The zero-order valence-corrected chi connectivity index (χ0v) is 9.24. The predicted octanol–water partition coefficient (Wildman–Crippen LogP) is 2.31. The van der Waals surface area contributed by atoms with Gasteiger partial charge in [-0.1, -0.05) is 25.5 Å². The van der Waals surface area contributed by atoms with Crippen molar-refractivity contribution in [3.63, 3.8) is 0 Å². The first-order valence-electron chi connectivity index (χ1n) is 3.92. The molecule has 0 aliphatic rings. The normalized spacial score (nSPS) is 13.8. The lowest BCUT2D eigenvalue weighted by atomic mass is 9.93. The minimum atomic E-state index is -0.767. The van der Waals surface area contributed by atoms with Crippen LogP contribution in [-0.4, -0.2) is 16.2 Å². The van der Waals surface area contributed by atoms with Crippen molar-refractivity contribution in [1.82, 2.24) is 0 Å². The van der Waals surface area contributed by atoms with E-state index in [0.29, 0.717) is 0 Å². The third-order valence-corrected chi connectivity index (χ3v) is 1.93. The summed E-state index contributed by atoms with van der Waals surface area (Å²) in [5.74, 6) is -1.19. The minimum absolute atomic E-state index is 0.289. The van der Waals surface area contributed by atoms with Gasteiger partial charge in [0, 0.05) is 0 Å². The van der Waals surface area contributed by atoms with E-state index in [-0.39, 0.29) is 5.16 Å². The Labute approximate surface area is 76.3 Å². The molecule has 1 N–H and O–H groups in total. The standard InChI is InChI=1S/C9H17O2P/c1-6(2)5-7(8(10)11)9(3,4)12/h5,7H,12H2,1-4H3,(H,10,11). The molecule has 0 heterocycles. The number of allylic oxidation sites excluding steroid dienone is 1. The highest BCUT2D eigenvalue weighted by atomic mass is 31.0. The molecule has 12 heavy (non-hydrogen) atoms. The summed E-state index contributed by atoms with van der Waals surface area (Å²) in [6.07, 6.45) is 1.79. The Bertz CT molecular complexity index is 197. The summed E-state index contributed by atoms with van der Waals surface area (Å²) in [6.45, 7) is 7.62. The van der Waals surface area contributed by atoms with Gasteiger partial charge in [0.15, 0.2) is 0 Å². The third kappa shape index (κ3) is 3.87. The van der Waals surface area contributed by atoms with Crippen LogP contribution in [0.2, 0.25) is 0 Å². The zero-order valence-electron chi connectivity index (χ0n) is 8.09. The lowest BCUT2D eigenvalue weighted by Gasteiger charge is -2.24. The van der Waals surface area contributed by atoms with Crippen LogP contribution in [-0.2, 0) is 4.79 Å². The van der Waals surface area contributed by atoms with Crippen LogP contribution in [0.15, 0.2) is 11.6 Å². The van der Waals surface area contributed by atoms with Gasteiger partial charge in [0.1, 0.15) is 0 Å². The van der Waals surface area contributed by atoms with Crippen LogP contribution in [0.4, 0.5) is 0 Å². The molecule has 0 aromatic carbocycles. The van der Waals surface area contributed by atoms with Gasteiger partial charge in [0.25, 0.3) is 0 Å². The highest BCUT2D eigenvalue weighted by molar-refractivity contribution is 7.19. The molecule has 0 aliphatic heterocycles. The van der Waals surface area contributed by atoms with Crippen molar-refractivity contribution in [2.75, 3.05) is 0 Å². The second kappa shape index (κ2) is 4.04. The van der Waals surface area contributed by atoms with Gasteiger partial charge < -0.3 is 5.11 Å². The van der Waals surface area contributed by atoms with E-state index in [0.717, 1.165) is 5.57 Å². The molecule has 0 spiro atoms. The van der Waals surface area contributed by atoms with Crippen LogP contribution in [0.1, 0.15) is 27.7 Å². The summed E-state index contributed by atoms with van der Waals surface area (Å²) in [5, 5.41) is 8.61. The van der Waals surface area contributed by atoms with Gasteiger partial charge in [0.05, 0.1) is 5.92 Å². The molecule has 0 bridgehead atoms. The van der Waals surface area contributed by atoms with Gasteiger partial charge >= 0.3 is 5.97 Å². The lowest BCUT2D eigenvalue weighted by Crippen LogP contribution is -2.29. The summed E-state index contributed by atoms with van der Waals surface area (Å²) in [5.41, 5.74) is 1.04. The Kier molecular flexibility index (Phi) is 3.92. The van der Waals surface area contributed by atoms with Crippen LogP contribution in [0.3, 0.4) is 0 Å². The average Bonchev–Trinajstić information content (AvgIpc) is 1.79. The topological polar surface area (TPSA) is 37.3 Å². The highest BCUT2D eigenvalue weighted by Gasteiger charge is 2.28. The Morgan fingerprint density at radius 1 is 1.50 bits per heavy atom. The predicted molar refractivity (Wildman–Crippen MR) is 54.3 cm³/mol. The SMILES string of the molecule is CC(C)=CC(C(=O)O)C(C)(C)P. The molecule has 2 unspecified atom stereocenters. The quantitative estimate of drug-likeness (QED) is 0.545. The molecule has 0 aliphatic carbocycles. The van der Waals surface area contributed by atoms with E-state index < -0.39 is 11.9 Å². The molecule has 0 fully saturated rings. The van der Waals surface area contributed by atoms with Crippen molar-refractivity contribution in [3.8, 4) is 0 Å². The van der Waals surface area contributed by atoms with E-state index >= 15 is 0 Å². The van der Waals surface area contributed by atoms with Gasteiger partial charge in [0.2, 0.25) is 0 Å². The van der Waals surface area contributed by atoms with Gasteiger partial charge in [-0.05, 0) is 19.0 Å². The molecule has 0 saturated heterocycles. The first kappa shape index (κ1) is 11.6. The number of carboxylic acids is 1. The maximum atomic E-state index is 10.8. The Hall–Kier alpha value is -0.360. The zero-order chi connectivity index (χ0) is 9.94. The highest BCUT2D eigenvalue weighted by Crippen LogP contribution is 2.29. The smallest absolute Gasteiger partial charge is 0.311 e. The summed E-state index contributed by atoms with van der Waals surface area (Å²) in [6, 6.07) is 0. The number of carbonyl (C=O) groups is 1. The van der Waals surface area contributed by atoms with Crippen molar-refractivity contribution >= 4 is 15.2 Å². The van der Waals surface area contributed by atoms with Crippen LogP contribution < -0.4 is 0 Å². The second-order valence-electron chi connectivity index (χ2n) is 3.88. The summed E-state index contributed by atoms with van der Waals surface area (Å²) >= 11 is 0. The van der Waals surface area contributed by atoms with Crippen LogP contribution in [0, 0.1) is 5.92 Å². The van der Waals surface area contributed by atoms with Crippen molar-refractivity contribution in [2.24, 2.45) is 5.92 Å². The molecule has 70 valence electrons. The van der Waals surface area contributed by atoms with E-state index in [4.69, 9.17) is 5.11 Å². The van der Waals surface area contributed by atoms with Crippen molar-refractivity contribution in [2.45, 2.75) is 32.9 Å². The molecule has 2 nitrogen and oxygen atoms in total. The molecular weight excluding hydrogens is 171 g/mol. The molecule has 0 aromatic rings. The molecule has 0 amide bonds. The molecular formula is C9H17O2P. The van der Waals surface area contributed by atoms with Crippen molar-refractivity contribution < 1.29 is 9.90 Å². The first-order chi connectivity index (χ1) is 5.25. The first-order valence-corrected chi connectivity index (χ1v) is 4.49. The average molecular weight is 188 g/mol. The molecule has 0 saturated carbocycles. The number of hydrogen-bond donors (Lipinski definition) is 1. The maximum Gasteiger partial charge on any atom is 0.311 e. The van der Waals surface area contributed by atoms with Gasteiger partial charge in [-0.2, -0.15) is 0 Å². The van der Waals surface area contributed by atoms with Crippen LogP contribution >= 0.6 is 9.24 Å². The fourth-order valence-corrected chi connectivity index (χ4v) is 1.18. The monoisotopic (exact) mass is 188 g/mol. The fourth-order valence-electron chi connectivity index (χ4n) is 0.938. The molecule has 0 radical (unpaired) electrons. The van der Waals surface area contributed by atoms with E-state index in [1.165, 1.54) is 0 Å². The summed E-state index contributed by atoms with van der Waals surface area (Å²) < 4.78 is 0. The Balaban J connectivity index is 4.70. The van der Waals surface area contributed by atoms with E-state index in [2.05, 4.69) is 9.24 Å². The molecule has 0 aromatic heterocycles. The van der Waals surface area contributed by atoms with Crippen molar-refractivity contribution in [3.05, 3.63) is 11.6 Å². The Morgan fingerprint density at radius 3 is 2.00 bits per heavy atom. The number of hydrogen-bond acceptors (Lipinski definition) is 1. The summed E-state index contributed by atoms with van der Waals surface area (Å²) in [4.78, 5) is 10.8. The largest absolute Gasteiger partial charge is 0.481 e. The van der Waals surface area contributed by atoms with E-state index in [1.54, 1.807) is 6.08 Å². The minimum Gasteiger partial charge on any atom is -0.481 e. The second-order valence-corrected chi connectivity index (χ2v) is 5.37. The fraction of sp³-hybridized carbons (Fsp3) is 0.667. The number of aliphatic carboxylic acids is 1. The Morgan fingerprint density at radius 2 is 1.92 bits per heavy atom. The molecule has 0 rings (SSSR count). The van der Waals surface area contributed by atoms with Gasteiger partial charge in [-0.3, -0.25) is 4.79 Å². The van der Waals surface area contributed by atoms with Crippen molar-refractivity contribution in [1.29, 1.82) is 0 Å². The maximum absolute atomic E-state index is 10.8. The molecule has 2 atom stereocenters.